The molecule has 1 aliphatic rings. The predicted octanol–water partition coefficient (Wildman–Crippen LogP) is -0.0351. The number of Topliss-reactive ketones (excluding diaryl/α,β-unsaturated/α-hetero) is 1. The molecule has 0 amide bonds. The van der Waals surface area contributed by atoms with Gasteiger partial charge in [-0.05, 0) is 0 Å². The van der Waals surface area contributed by atoms with Crippen molar-refractivity contribution in [2.75, 3.05) is 27.4 Å². The molecule has 64 valence electrons. The molecular formula is C7H12O4. The van der Waals surface area contributed by atoms with Crippen LogP contribution in [0.3, 0.4) is 0 Å². The molecule has 0 saturated carbocycles. The van der Waals surface area contributed by atoms with E-state index in [1.54, 1.807) is 0 Å². The number of rotatable bonds is 2. The van der Waals surface area contributed by atoms with Crippen molar-refractivity contribution in [3.05, 3.63) is 0 Å². The van der Waals surface area contributed by atoms with Crippen LogP contribution in [0, 0.1) is 0 Å². The number of ether oxygens (including phenoxy) is 3. The normalized spacial score (nSPS) is 23.6. The molecule has 0 aromatic heterocycles. The number of hydrogen-bond donors (Lipinski definition) is 0. The van der Waals surface area contributed by atoms with E-state index in [1.165, 1.54) is 14.2 Å². The minimum atomic E-state index is -1.14. The highest BCUT2D eigenvalue weighted by atomic mass is 16.7. The van der Waals surface area contributed by atoms with Crippen molar-refractivity contribution in [3.8, 4) is 0 Å². The molecule has 0 radical (unpaired) electrons. The van der Waals surface area contributed by atoms with E-state index in [-0.39, 0.29) is 12.4 Å². The van der Waals surface area contributed by atoms with Gasteiger partial charge in [0, 0.05) is 20.6 Å². The first-order valence-electron chi connectivity index (χ1n) is 3.46. The summed E-state index contributed by atoms with van der Waals surface area (Å²) in [7, 11) is 2.88. The maximum absolute atomic E-state index is 11.2. The van der Waals surface area contributed by atoms with Gasteiger partial charge in [0.05, 0.1) is 6.61 Å². The predicted molar refractivity (Wildman–Crippen MR) is 37.2 cm³/mol. The molecule has 0 aliphatic carbocycles. The van der Waals surface area contributed by atoms with Crippen molar-refractivity contribution in [1.29, 1.82) is 0 Å². The number of hydrogen-bond acceptors (Lipinski definition) is 4. The minimum absolute atomic E-state index is 0.0475. The fourth-order valence-electron chi connectivity index (χ4n) is 1.07. The van der Waals surface area contributed by atoms with Gasteiger partial charge in [-0.2, -0.15) is 0 Å². The molecule has 1 rings (SSSR count). The largest absolute Gasteiger partial charge is 0.375 e. The highest BCUT2D eigenvalue weighted by molar-refractivity contribution is 5.86. The lowest BCUT2D eigenvalue weighted by atomic mass is 10.1. The third-order valence-electron chi connectivity index (χ3n) is 1.85. The molecule has 0 aromatic carbocycles. The van der Waals surface area contributed by atoms with E-state index in [9.17, 15) is 4.79 Å². The molecule has 0 unspecified atom stereocenters. The lowest BCUT2D eigenvalue weighted by Crippen LogP contribution is -2.50. The molecular weight excluding hydrogens is 148 g/mol. The summed E-state index contributed by atoms with van der Waals surface area (Å²) in [6.45, 7) is 0.659. The number of carbonyl (C=O) groups excluding carboxylic acids is 1. The summed E-state index contributed by atoms with van der Waals surface area (Å²) in [5, 5.41) is 0. The first-order valence-corrected chi connectivity index (χ1v) is 3.46. The van der Waals surface area contributed by atoms with Gasteiger partial charge in [-0.1, -0.05) is 0 Å². The van der Waals surface area contributed by atoms with Crippen molar-refractivity contribution in [2.45, 2.75) is 12.2 Å². The highest BCUT2D eigenvalue weighted by Crippen LogP contribution is 2.19. The second-order valence-corrected chi connectivity index (χ2v) is 2.39. The van der Waals surface area contributed by atoms with Crippen LogP contribution in [0.4, 0.5) is 0 Å². The third-order valence-corrected chi connectivity index (χ3v) is 1.85. The van der Waals surface area contributed by atoms with E-state index >= 15 is 0 Å². The summed E-state index contributed by atoms with van der Waals surface area (Å²) >= 11 is 0. The summed E-state index contributed by atoms with van der Waals surface area (Å²) in [5.41, 5.74) is 0. The van der Waals surface area contributed by atoms with Crippen LogP contribution in [-0.2, 0) is 19.0 Å². The standard InChI is InChI=1S/C7H12O4/c1-9-7(10-2)5-11-4-3-6(7)8/h3-5H2,1-2H3. The van der Waals surface area contributed by atoms with Crippen LogP contribution in [0.1, 0.15) is 6.42 Å². The summed E-state index contributed by atoms with van der Waals surface area (Å²) in [6, 6.07) is 0. The molecule has 1 fully saturated rings. The van der Waals surface area contributed by atoms with Crippen molar-refractivity contribution in [1.82, 2.24) is 0 Å². The van der Waals surface area contributed by atoms with Gasteiger partial charge in [0.25, 0.3) is 5.79 Å². The van der Waals surface area contributed by atoms with Crippen molar-refractivity contribution >= 4 is 5.78 Å². The monoisotopic (exact) mass is 160 g/mol. The van der Waals surface area contributed by atoms with E-state index in [0.29, 0.717) is 13.0 Å². The molecule has 1 heterocycles. The highest BCUT2D eigenvalue weighted by Gasteiger charge is 2.41. The van der Waals surface area contributed by atoms with Gasteiger partial charge >= 0.3 is 0 Å². The first kappa shape index (κ1) is 8.64. The maximum atomic E-state index is 11.2. The van der Waals surface area contributed by atoms with E-state index < -0.39 is 5.79 Å². The molecule has 0 bridgehead atoms. The first-order chi connectivity index (χ1) is 5.25. The van der Waals surface area contributed by atoms with Crippen molar-refractivity contribution in [3.63, 3.8) is 0 Å². The molecule has 0 aromatic rings. The second kappa shape index (κ2) is 3.30. The van der Waals surface area contributed by atoms with E-state index in [2.05, 4.69) is 0 Å². The summed E-state index contributed by atoms with van der Waals surface area (Å²) in [6.07, 6.45) is 0.363. The topological polar surface area (TPSA) is 44.8 Å². The molecule has 4 nitrogen and oxygen atoms in total. The number of ketones is 1. The van der Waals surface area contributed by atoms with E-state index in [1.807, 2.05) is 0 Å². The minimum Gasteiger partial charge on any atom is -0.375 e. The van der Waals surface area contributed by atoms with Gasteiger partial charge in [0.1, 0.15) is 6.61 Å². The summed E-state index contributed by atoms with van der Waals surface area (Å²) in [5.74, 6) is -1.19. The lowest BCUT2D eigenvalue weighted by Gasteiger charge is -2.32. The SMILES string of the molecule is COC1(OC)COCCC1=O. The number of carbonyl (C=O) groups is 1. The average Bonchev–Trinajstić information content (AvgIpc) is 2.06. The smallest absolute Gasteiger partial charge is 0.252 e. The second-order valence-electron chi connectivity index (χ2n) is 2.39. The Kier molecular flexibility index (Phi) is 2.59. The average molecular weight is 160 g/mol. The van der Waals surface area contributed by atoms with Crippen LogP contribution in [0.2, 0.25) is 0 Å². The van der Waals surface area contributed by atoms with Crippen LogP contribution in [0.25, 0.3) is 0 Å². The fraction of sp³-hybridized carbons (Fsp3) is 0.857. The van der Waals surface area contributed by atoms with Gasteiger partial charge < -0.3 is 14.2 Å². The Bertz CT molecular complexity index is 151. The van der Waals surface area contributed by atoms with Crippen LogP contribution in [-0.4, -0.2) is 39.0 Å². The zero-order valence-corrected chi connectivity index (χ0v) is 6.75. The zero-order chi connectivity index (χ0) is 8.32. The van der Waals surface area contributed by atoms with Crippen LogP contribution in [0.5, 0.6) is 0 Å². The molecule has 0 atom stereocenters. The number of methoxy groups -OCH3 is 2. The van der Waals surface area contributed by atoms with Gasteiger partial charge in [-0.15, -0.1) is 0 Å². The molecule has 4 heteroatoms. The summed E-state index contributed by atoms with van der Waals surface area (Å²) in [4.78, 5) is 11.2. The Labute approximate surface area is 65.4 Å². The van der Waals surface area contributed by atoms with Crippen molar-refractivity contribution in [2.24, 2.45) is 0 Å². The quantitative estimate of drug-likeness (QED) is 0.532. The van der Waals surface area contributed by atoms with Gasteiger partial charge in [0.2, 0.25) is 0 Å². The van der Waals surface area contributed by atoms with Crippen molar-refractivity contribution < 1.29 is 19.0 Å². The molecule has 0 N–H and O–H groups in total. The van der Waals surface area contributed by atoms with Crippen LogP contribution >= 0.6 is 0 Å². The Hall–Kier alpha value is -0.450. The van der Waals surface area contributed by atoms with Gasteiger partial charge in [-0.25, -0.2) is 0 Å². The van der Waals surface area contributed by atoms with Crippen LogP contribution < -0.4 is 0 Å². The lowest BCUT2D eigenvalue weighted by molar-refractivity contribution is -0.238. The van der Waals surface area contributed by atoms with E-state index in [4.69, 9.17) is 14.2 Å². The Morgan fingerprint density at radius 3 is 2.45 bits per heavy atom. The van der Waals surface area contributed by atoms with Gasteiger partial charge in [0.15, 0.2) is 5.78 Å². The Morgan fingerprint density at radius 2 is 2.09 bits per heavy atom. The Morgan fingerprint density at radius 1 is 1.45 bits per heavy atom. The molecule has 1 aliphatic heterocycles. The molecule has 1 saturated heterocycles. The van der Waals surface area contributed by atoms with Gasteiger partial charge in [-0.3, -0.25) is 4.79 Å². The molecule has 11 heavy (non-hydrogen) atoms. The summed E-state index contributed by atoms with van der Waals surface area (Å²) < 4.78 is 15.0. The third kappa shape index (κ3) is 1.42. The van der Waals surface area contributed by atoms with Crippen LogP contribution in [0.15, 0.2) is 0 Å². The molecule has 0 spiro atoms. The zero-order valence-electron chi connectivity index (χ0n) is 6.75. The Balaban J connectivity index is 2.69. The fourth-order valence-corrected chi connectivity index (χ4v) is 1.07. The maximum Gasteiger partial charge on any atom is 0.252 e. The van der Waals surface area contributed by atoms with E-state index in [0.717, 1.165) is 0 Å².